The Morgan fingerprint density at radius 3 is 2.31 bits per heavy atom. The molecule has 1 N–H and O–H groups in total. The molecule has 0 saturated carbocycles. The fraction of sp³-hybridized carbons (Fsp3) is 1.00. The summed E-state index contributed by atoms with van der Waals surface area (Å²) in [5.74, 6) is -2.63. The maximum atomic E-state index is 12.8. The van der Waals surface area contributed by atoms with Crippen LogP contribution in [0.25, 0.3) is 0 Å². The van der Waals surface area contributed by atoms with Gasteiger partial charge in [0.1, 0.15) is 0 Å². The minimum atomic E-state index is -2.63. The zero-order chi connectivity index (χ0) is 9.95. The number of rotatable bonds is 3. The predicted molar refractivity (Wildman–Crippen MR) is 47.1 cm³/mol. The minimum Gasteiger partial charge on any atom is -0.378 e. The van der Waals surface area contributed by atoms with Gasteiger partial charge in [0.05, 0.1) is 5.60 Å². The van der Waals surface area contributed by atoms with Crippen molar-refractivity contribution < 1.29 is 13.5 Å². The van der Waals surface area contributed by atoms with Gasteiger partial charge in [-0.3, -0.25) is 0 Å². The van der Waals surface area contributed by atoms with E-state index in [-0.39, 0.29) is 6.42 Å². The van der Waals surface area contributed by atoms with Crippen molar-refractivity contribution in [2.24, 2.45) is 0 Å². The van der Waals surface area contributed by atoms with Crippen molar-refractivity contribution in [3.63, 3.8) is 0 Å². The molecule has 1 rings (SSSR count). The zero-order valence-electron chi connectivity index (χ0n) is 8.20. The molecule has 1 saturated heterocycles. The van der Waals surface area contributed by atoms with Crippen LogP contribution in [0, 0.1) is 0 Å². The van der Waals surface area contributed by atoms with Crippen LogP contribution in [-0.4, -0.2) is 31.7 Å². The number of hydrogen-bond donors (Lipinski definition) is 1. The molecule has 0 aliphatic carbocycles. The Bertz CT molecular complexity index is 161. The number of ether oxygens (including phenoxy) is 1. The van der Waals surface area contributed by atoms with E-state index in [0.29, 0.717) is 12.8 Å². The van der Waals surface area contributed by atoms with Crippen molar-refractivity contribution >= 4 is 0 Å². The highest BCUT2D eigenvalue weighted by Crippen LogP contribution is 2.34. The van der Waals surface area contributed by atoms with Crippen LogP contribution in [-0.2, 0) is 4.74 Å². The van der Waals surface area contributed by atoms with Crippen LogP contribution in [0.2, 0.25) is 0 Å². The van der Waals surface area contributed by atoms with E-state index < -0.39 is 11.5 Å². The molecule has 1 aliphatic rings. The highest BCUT2D eigenvalue weighted by atomic mass is 19.3. The van der Waals surface area contributed by atoms with Crippen LogP contribution in [0.5, 0.6) is 0 Å². The van der Waals surface area contributed by atoms with E-state index in [9.17, 15) is 8.78 Å². The Morgan fingerprint density at radius 1 is 1.38 bits per heavy atom. The van der Waals surface area contributed by atoms with Gasteiger partial charge >= 0.3 is 0 Å². The molecule has 78 valence electrons. The molecule has 1 fully saturated rings. The Kier molecular flexibility index (Phi) is 3.24. The quantitative estimate of drug-likeness (QED) is 0.738. The van der Waals surface area contributed by atoms with Gasteiger partial charge in [-0.2, -0.15) is 0 Å². The molecule has 0 aromatic carbocycles. The second-order valence-corrected chi connectivity index (χ2v) is 3.88. The third-order valence-corrected chi connectivity index (χ3v) is 2.58. The second-order valence-electron chi connectivity index (χ2n) is 3.88. The lowest BCUT2D eigenvalue weighted by molar-refractivity contribution is -0.110. The summed E-state index contributed by atoms with van der Waals surface area (Å²) in [6.07, 6.45) is 1.18. The molecule has 13 heavy (non-hydrogen) atoms. The summed E-state index contributed by atoms with van der Waals surface area (Å²) in [6.45, 7) is 2.49. The summed E-state index contributed by atoms with van der Waals surface area (Å²) < 4.78 is 30.9. The van der Waals surface area contributed by atoms with Crippen LogP contribution in [0.15, 0.2) is 0 Å². The average molecular weight is 193 g/mol. The summed E-state index contributed by atoms with van der Waals surface area (Å²) in [6, 6.07) is 0. The normalized spacial score (nSPS) is 23.1. The molecule has 1 heterocycles. The van der Waals surface area contributed by atoms with E-state index in [4.69, 9.17) is 4.74 Å². The van der Waals surface area contributed by atoms with Crippen molar-refractivity contribution in [1.29, 1.82) is 0 Å². The molecule has 0 unspecified atom stereocenters. The van der Waals surface area contributed by atoms with Crippen molar-refractivity contribution in [3.8, 4) is 0 Å². The van der Waals surface area contributed by atoms with Gasteiger partial charge in [0.25, 0.3) is 0 Å². The summed E-state index contributed by atoms with van der Waals surface area (Å²) in [5.41, 5.74) is -0.608. The van der Waals surface area contributed by atoms with Crippen LogP contribution in [0.3, 0.4) is 0 Å². The van der Waals surface area contributed by atoms with E-state index in [2.05, 4.69) is 5.32 Å². The highest BCUT2D eigenvalue weighted by molar-refractivity contribution is 4.89. The average Bonchev–Trinajstić information content (AvgIpc) is 2.03. The van der Waals surface area contributed by atoms with Crippen molar-refractivity contribution in [1.82, 2.24) is 5.32 Å². The van der Waals surface area contributed by atoms with E-state index >= 15 is 0 Å². The second kappa shape index (κ2) is 3.88. The lowest BCUT2D eigenvalue weighted by Crippen LogP contribution is -2.46. The maximum Gasteiger partial charge on any atom is 0.248 e. The molecule has 0 atom stereocenters. The van der Waals surface area contributed by atoms with Gasteiger partial charge in [-0.15, -0.1) is 0 Å². The highest BCUT2D eigenvalue weighted by Gasteiger charge is 2.40. The van der Waals surface area contributed by atoms with E-state index in [1.807, 2.05) is 0 Å². The molecule has 0 bridgehead atoms. The molecule has 0 aromatic heterocycles. The molecule has 1 aliphatic heterocycles. The Morgan fingerprint density at radius 2 is 1.92 bits per heavy atom. The van der Waals surface area contributed by atoms with Crippen molar-refractivity contribution in [2.75, 3.05) is 20.2 Å². The van der Waals surface area contributed by atoms with Gasteiger partial charge in [-0.25, -0.2) is 8.78 Å². The molecule has 2 nitrogen and oxygen atoms in total. The topological polar surface area (TPSA) is 21.3 Å². The fourth-order valence-electron chi connectivity index (χ4n) is 1.90. The van der Waals surface area contributed by atoms with E-state index in [1.165, 1.54) is 7.11 Å². The third-order valence-electron chi connectivity index (χ3n) is 2.58. The molecule has 0 spiro atoms. The zero-order valence-corrected chi connectivity index (χ0v) is 8.20. The number of nitrogens with one attached hydrogen (secondary N) is 1. The van der Waals surface area contributed by atoms with Crippen LogP contribution >= 0.6 is 0 Å². The van der Waals surface area contributed by atoms with Gasteiger partial charge < -0.3 is 10.1 Å². The Hall–Kier alpha value is -0.220. The van der Waals surface area contributed by atoms with E-state index in [0.717, 1.165) is 20.0 Å². The number of methoxy groups -OCH3 is 1. The van der Waals surface area contributed by atoms with Gasteiger partial charge in [0.15, 0.2) is 0 Å². The van der Waals surface area contributed by atoms with Crippen molar-refractivity contribution in [3.05, 3.63) is 0 Å². The maximum absolute atomic E-state index is 12.8. The summed E-state index contributed by atoms with van der Waals surface area (Å²) >= 11 is 0. The predicted octanol–water partition coefficient (Wildman–Crippen LogP) is 1.80. The minimum absolute atomic E-state index is 0.168. The van der Waals surface area contributed by atoms with Gasteiger partial charge in [0, 0.05) is 13.5 Å². The summed E-state index contributed by atoms with van der Waals surface area (Å²) in [5, 5.41) is 3.13. The lowest BCUT2D eigenvalue weighted by atomic mass is 9.86. The van der Waals surface area contributed by atoms with Crippen LogP contribution in [0.4, 0.5) is 8.78 Å². The first-order valence-electron chi connectivity index (χ1n) is 4.61. The number of hydrogen-bond acceptors (Lipinski definition) is 2. The summed E-state index contributed by atoms with van der Waals surface area (Å²) in [7, 11) is 1.52. The smallest absolute Gasteiger partial charge is 0.248 e. The van der Waals surface area contributed by atoms with E-state index in [1.54, 1.807) is 0 Å². The number of alkyl halides is 2. The fourth-order valence-corrected chi connectivity index (χ4v) is 1.90. The van der Waals surface area contributed by atoms with Gasteiger partial charge in [-0.1, -0.05) is 0 Å². The van der Waals surface area contributed by atoms with Crippen molar-refractivity contribution in [2.45, 2.75) is 37.7 Å². The van der Waals surface area contributed by atoms with Crippen LogP contribution < -0.4 is 5.32 Å². The SMILES string of the molecule is COC1(CC(C)(F)F)CCNCC1. The monoisotopic (exact) mass is 193 g/mol. The first-order valence-corrected chi connectivity index (χ1v) is 4.61. The summed E-state index contributed by atoms with van der Waals surface area (Å²) in [4.78, 5) is 0. The first kappa shape index (κ1) is 10.9. The number of halogens is 2. The standard InChI is InChI=1S/C9H17F2NO/c1-8(10,11)7-9(13-2)3-5-12-6-4-9/h12H,3-7H2,1-2H3. The van der Waals surface area contributed by atoms with Gasteiger partial charge in [-0.05, 0) is 32.9 Å². The largest absolute Gasteiger partial charge is 0.378 e. The third kappa shape index (κ3) is 3.19. The lowest BCUT2D eigenvalue weighted by Gasteiger charge is -2.37. The molecule has 0 radical (unpaired) electrons. The van der Waals surface area contributed by atoms with Gasteiger partial charge in [0.2, 0.25) is 5.92 Å². The molecule has 4 heteroatoms. The molecular formula is C9H17F2NO. The Labute approximate surface area is 77.6 Å². The first-order chi connectivity index (χ1) is 5.97. The molecular weight excluding hydrogens is 176 g/mol. The number of piperidine rings is 1. The molecule has 0 aromatic rings. The Balaban J connectivity index is 2.57. The van der Waals surface area contributed by atoms with Crippen LogP contribution in [0.1, 0.15) is 26.2 Å². The molecule has 0 amide bonds.